The van der Waals surface area contributed by atoms with E-state index in [1.165, 1.54) is 10.8 Å². The zero-order chi connectivity index (χ0) is 14.8. The Labute approximate surface area is 124 Å². The van der Waals surface area contributed by atoms with Crippen molar-refractivity contribution in [3.8, 4) is 0 Å². The Balaban J connectivity index is 1.99. The second-order valence-electron chi connectivity index (χ2n) is 5.68. The van der Waals surface area contributed by atoms with Crippen LogP contribution in [0.25, 0.3) is 21.8 Å². The minimum atomic E-state index is -0.508. The summed E-state index contributed by atoms with van der Waals surface area (Å²) in [4.78, 5) is 0. The smallest absolute Gasteiger partial charge is 0.0952 e. The largest absolute Gasteiger partial charge is 0.389 e. The molecule has 1 N–H and O–H groups in total. The van der Waals surface area contributed by atoms with Crippen LogP contribution < -0.4 is 0 Å². The Morgan fingerprint density at radius 3 is 2.00 bits per heavy atom. The van der Waals surface area contributed by atoms with Crippen LogP contribution in [-0.4, -0.2) is 28.5 Å². The van der Waals surface area contributed by atoms with Crippen LogP contribution in [0.1, 0.15) is 13.8 Å². The first-order chi connectivity index (χ1) is 10.2. The van der Waals surface area contributed by atoms with Gasteiger partial charge in [0.2, 0.25) is 0 Å². The van der Waals surface area contributed by atoms with Gasteiger partial charge in [0.1, 0.15) is 0 Å². The minimum absolute atomic E-state index is 0.137. The molecule has 3 nitrogen and oxygen atoms in total. The highest BCUT2D eigenvalue weighted by Crippen LogP contribution is 2.28. The summed E-state index contributed by atoms with van der Waals surface area (Å²) >= 11 is 0. The van der Waals surface area contributed by atoms with E-state index in [0.717, 1.165) is 11.0 Å². The molecular formula is C18H21NO2. The summed E-state index contributed by atoms with van der Waals surface area (Å²) in [6, 6.07) is 16.6. The van der Waals surface area contributed by atoms with Gasteiger partial charge in [-0.15, -0.1) is 0 Å². The fraction of sp³-hybridized carbons (Fsp3) is 0.333. The van der Waals surface area contributed by atoms with Gasteiger partial charge in [-0.05, 0) is 26.0 Å². The Kier molecular flexibility index (Phi) is 3.95. The van der Waals surface area contributed by atoms with Gasteiger partial charge < -0.3 is 14.4 Å². The highest BCUT2D eigenvalue weighted by molar-refractivity contribution is 6.07. The average Bonchev–Trinajstić information content (AvgIpc) is 2.80. The molecule has 0 saturated carbocycles. The first-order valence-electron chi connectivity index (χ1n) is 7.42. The van der Waals surface area contributed by atoms with E-state index in [9.17, 15) is 5.11 Å². The quantitative estimate of drug-likeness (QED) is 0.776. The zero-order valence-corrected chi connectivity index (χ0v) is 12.5. The van der Waals surface area contributed by atoms with Crippen molar-refractivity contribution in [2.75, 3.05) is 6.61 Å². The summed E-state index contributed by atoms with van der Waals surface area (Å²) < 4.78 is 7.69. The third-order valence-corrected chi connectivity index (χ3v) is 3.70. The molecule has 21 heavy (non-hydrogen) atoms. The molecule has 110 valence electrons. The number of ether oxygens (including phenoxy) is 1. The van der Waals surface area contributed by atoms with Crippen LogP contribution in [0, 0.1) is 0 Å². The number of nitrogens with zero attached hydrogens (tertiary/aromatic N) is 1. The summed E-state index contributed by atoms with van der Waals surface area (Å²) in [5.74, 6) is 0. The monoisotopic (exact) mass is 283 g/mol. The average molecular weight is 283 g/mol. The van der Waals surface area contributed by atoms with E-state index in [4.69, 9.17) is 4.74 Å². The number of aromatic nitrogens is 1. The second-order valence-corrected chi connectivity index (χ2v) is 5.68. The molecular weight excluding hydrogens is 262 g/mol. The first kappa shape index (κ1) is 14.1. The molecule has 0 fully saturated rings. The van der Waals surface area contributed by atoms with Crippen LogP contribution in [0.3, 0.4) is 0 Å². The van der Waals surface area contributed by atoms with Crippen molar-refractivity contribution >= 4 is 21.8 Å². The van der Waals surface area contributed by atoms with E-state index < -0.39 is 6.10 Å². The van der Waals surface area contributed by atoms with Crippen LogP contribution in [0.2, 0.25) is 0 Å². The molecule has 3 rings (SSSR count). The summed E-state index contributed by atoms with van der Waals surface area (Å²) in [6.45, 7) is 4.86. The molecule has 0 amide bonds. The van der Waals surface area contributed by atoms with Gasteiger partial charge in [0.25, 0.3) is 0 Å². The third-order valence-electron chi connectivity index (χ3n) is 3.70. The van der Waals surface area contributed by atoms with Crippen LogP contribution in [0.4, 0.5) is 0 Å². The molecule has 1 heterocycles. The molecule has 1 atom stereocenters. The van der Waals surface area contributed by atoms with Crippen molar-refractivity contribution in [2.45, 2.75) is 32.6 Å². The van der Waals surface area contributed by atoms with Gasteiger partial charge >= 0.3 is 0 Å². The first-order valence-corrected chi connectivity index (χ1v) is 7.42. The molecule has 0 aliphatic heterocycles. The maximum atomic E-state index is 10.2. The molecule has 0 aliphatic rings. The lowest BCUT2D eigenvalue weighted by Crippen LogP contribution is -2.23. The van der Waals surface area contributed by atoms with E-state index in [-0.39, 0.29) is 6.10 Å². The molecule has 0 bridgehead atoms. The number of benzene rings is 2. The van der Waals surface area contributed by atoms with Gasteiger partial charge in [-0.2, -0.15) is 0 Å². The van der Waals surface area contributed by atoms with E-state index in [2.05, 4.69) is 41.0 Å². The summed E-state index contributed by atoms with van der Waals surface area (Å²) in [6.07, 6.45) is -0.371. The number of aliphatic hydroxyl groups is 1. The Morgan fingerprint density at radius 1 is 0.952 bits per heavy atom. The molecule has 1 aromatic heterocycles. The van der Waals surface area contributed by atoms with Crippen LogP contribution >= 0.6 is 0 Å². The molecule has 2 aromatic carbocycles. The van der Waals surface area contributed by atoms with Gasteiger partial charge in [0.05, 0.1) is 25.4 Å². The molecule has 0 spiro atoms. The number of para-hydroxylation sites is 2. The predicted octanol–water partition coefficient (Wildman–Crippen LogP) is 3.58. The van der Waals surface area contributed by atoms with Gasteiger partial charge in [-0.25, -0.2) is 0 Å². The standard InChI is InChI=1S/C18H21NO2/c1-13(2)21-12-14(20)11-19-17-9-5-3-7-15(17)16-8-4-6-10-18(16)19/h3-10,13-14,20H,11-12H2,1-2H3/t14-/m0/s1. The Morgan fingerprint density at radius 2 is 1.48 bits per heavy atom. The van der Waals surface area contributed by atoms with E-state index in [1.54, 1.807) is 0 Å². The minimum Gasteiger partial charge on any atom is -0.389 e. The SMILES string of the molecule is CC(C)OC[C@@H](O)Cn1c2ccccc2c2ccccc21. The molecule has 3 aromatic rings. The molecule has 3 heteroatoms. The number of fused-ring (bicyclic) bond motifs is 3. The number of hydrogen-bond donors (Lipinski definition) is 1. The van der Waals surface area contributed by atoms with E-state index in [1.807, 2.05) is 26.0 Å². The highest BCUT2D eigenvalue weighted by Gasteiger charge is 2.13. The second kappa shape index (κ2) is 5.88. The third kappa shape index (κ3) is 2.80. The maximum Gasteiger partial charge on any atom is 0.0952 e. The van der Waals surface area contributed by atoms with Crippen molar-refractivity contribution < 1.29 is 9.84 Å². The summed E-state index contributed by atoms with van der Waals surface area (Å²) in [7, 11) is 0. The Bertz CT molecular complexity index is 692. The highest BCUT2D eigenvalue weighted by atomic mass is 16.5. The maximum absolute atomic E-state index is 10.2. The lowest BCUT2D eigenvalue weighted by atomic mass is 10.2. The fourth-order valence-electron chi connectivity index (χ4n) is 2.77. The molecule has 0 aliphatic carbocycles. The van der Waals surface area contributed by atoms with E-state index in [0.29, 0.717) is 13.2 Å². The zero-order valence-electron chi connectivity index (χ0n) is 12.5. The van der Waals surface area contributed by atoms with Crippen molar-refractivity contribution in [1.29, 1.82) is 0 Å². The molecule has 0 saturated heterocycles. The van der Waals surface area contributed by atoms with Crippen LogP contribution in [-0.2, 0) is 11.3 Å². The Hall–Kier alpha value is -1.84. The van der Waals surface area contributed by atoms with Gasteiger partial charge in [-0.1, -0.05) is 36.4 Å². The normalized spacial score (nSPS) is 13.3. The summed E-state index contributed by atoms with van der Waals surface area (Å²) in [5, 5.41) is 12.7. The van der Waals surface area contributed by atoms with Crippen molar-refractivity contribution in [2.24, 2.45) is 0 Å². The number of hydrogen-bond acceptors (Lipinski definition) is 2. The number of aliphatic hydroxyl groups excluding tert-OH is 1. The fourth-order valence-corrected chi connectivity index (χ4v) is 2.77. The molecule has 0 unspecified atom stereocenters. The van der Waals surface area contributed by atoms with Crippen LogP contribution in [0.15, 0.2) is 48.5 Å². The number of rotatable bonds is 5. The van der Waals surface area contributed by atoms with Crippen LogP contribution in [0.5, 0.6) is 0 Å². The topological polar surface area (TPSA) is 34.4 Å². The van der Waals surface area contributed by atoms with Gasteiger partial charge in [0.15, 0.2) is 0 Å². The van der Waals surface area contributed by atoms with Gasteiger partial charge in [-0.3, -0.25) is 0 Å². The lowest BCUT2D eigenvalue weighted by Gasteiger charge is -2.15. The summed E-state index contributed by atoms with van der Waals surface area (Å²) in [5.41, 5.74) is 2.31. The van der Waals surface area contributed by atoms with Gasteiger partial charge in [0, 0.05) is 21.8 Å². The predicted molar refractivity (Wildman–Crippen MR) is 86.5 cm³/mol. The van der Waals surface area contributed by atoms with Crippen molar-refractivity contribution in [3.05, 3.63) is 48.5 Å². The van der Waals surface area contributed by atoms with E-state index >= 15 is 0 Å². The van der Waals surface area contributed by atoms with Crippen molar-refractivity contribution in [3.63, 3.8) is 0 Å². The lowest BCUT2D eigenvalue weighted by molar-refractivity contribution is 0.000172. The van der Waals surface area contributed by atoms with Crippen molar-refractivity contribution in [1.82, 2.24) is 4.57 Å². The molecule has 0 radical (unpaired) electrons.